The van der Waals surface area contributed by atoms with Crippen molar-refractivity contribution in [1.82, 2.24) is 9.55 Å². The molecule has 0 aliphatic heterocycles. The number of amides is 1. The number of carbonyl (C=O) groups is 1. The molecule has 1 N–H and O–H groups in total. The van der Waals surface area contributed by atoms with Crippen molar-refractivity contribution in [2.45, 2.75) is 44.7 Å². The second-order valence-corrected chi connectivity index (χ2v) is 10.9. The molecule has 34 heavy (non-hydrogen) atoms. The van der Waals surface area contributed by atoms with Crippen LogP contribution in [-0.4, -0.2) is 21.2 Å². The van der Waals surface area contributed by atoms with Crippen molar-refractivity contribution in [1.29, 1.82) is 0 Å². The Morgan fingerprint density at radius 1 is 1.15 bits per heavy atom. The first-order chi connectivity index (χ1) is 16.4. The summed E-state index contributed by atoms with van der Waals surface area (Å²) in [5.41, 5.74) is 4.73. The van der Waals surface area contributed by atoms with Gasteiger partial charge in [0, 0.05) is 15.6 Å². The highest BCUT2D eigenvalue weighted by Crippen LogP contribution is 2.35. The van der Waals surface area contributed by atoms with Crippen LogP contribution in [0.15, 0.2) is 52.4 Å². The SMILES string of the molecule is Cc1cccc(NC(=O)CSc2nc3sc4c(c3c(=O)n2-c2ccc(Cl)cc2)CCCC4)c1C. The number of hydrogen-bond donors (Lipinski definition) is 1. The van der Waals surface area contributed by atoms with E-state index in [4.69, 9.17) is 16.6 Å². The van der Waals surface area contributed by atoms with Crippen molar-refractivity contribution in [2.75, 3.05) is 11.1 Å². The lowest BCUT2D eigenvalue weighted by molar-refractivity contribution is -0.113. The molecule has 0 unspecified atom stereocenters. The molecule has 0 saturated carbocycles. The molecule has 0 radical (unpaired) electrons. The molecule has 0 atom stereocenters. The summed E-state index contributed by atoms with van der Waals surface area (Å²) in [6.07, 6.45) is 4.15. The summed E-state index contributed by atoms with van der Waals surface area (Å²) in [6.45, 7) is 4.01. The van der Waals surface area contributed by atoms with Gasteiger partial charge >= 0.3 is 0 Å². The number of thioether (sulfide) groups is 1. The first kappa shape index (κ1) is 23.1. The van der Waals surface area contributed by atoms with Crippen molar-refractivity contribution < 1.29 is 4.79 Å². The Balaban J connectivity index is 1.52. The largest absolute Gasteiger partial charge is 0.325 e. The van der Waals surface area contributed by atoms with Crippen molar-refractivity contribution in [3.8, 4) is 5.69 Å². The van der Waals surface area contributed by atoms with Gasteiger partial charge in [-0.2, -0.15) is 0 Å². The van der Waals surface area contributed by atoms with Crippen LogP contribution in [0.5, 0.6) is 0 Å². The Labute approximate surface area is 211 Å². The molecule has 4 aromatic rings. The monoisotopic (exact) mass is 509 g/mol. The maximum Gasteiger partial charge on any atom is 0.267 e. The van der Waals surface area contributed by atoms with Gasteiger partial charge in [-0.3, -0.25) is 14.2 Å². The van der Waals surface area contributed by atoms with Crippen LogP contribution in [0.4, 0.5) is 5.69 Å². The number of rotatable bonds is 5. The number of anilines is 1. The second-order valence-electron chi connectivity index (χ2n) is 8.49. The summed E-state index contributed by atoms with van der Waals surface area (Å²) >= 11 is 8.98. The molecule has 5 rings (SSSR count). The quantitative estimate of drug-likeness (QED) is 0.252. The minimum Gasteiger partial charge on any atom is -0.325 e. The summed E-state index contributed by atoms with van der Waals surface area (Å²) in [5, 5.41) is 4.82. The van der Waals surface area contributed by atoms with E-state index < -0.39 is 0 Å². The Hall–Kier alpha value is -2.61. The van der Waals surface area contributed by atoms with Gasteiger partial charge in [0.1, 0.15) is 4.83 Å². The summed E-state index contributed by atoms with van der Waals surface area (Å²) in [4.78, 5) is 33.5. The van der Waals surface area contributed by atoms with Gasteiger partial charge in [-0.05, 0) is 86.6 Å². The summed E-state index contributed by atoms with van der Waals surface area (Å²) < 4.78 is 1.62. The fourth-order valence-electron chi connectivity index (χ4n) is 4.30. The highest BCUT2D eigenvalue weighted by molar-refractivity contribution is 7.99. The highest BCUT2D eigenvalue weighted by atomic mass is 35.5. The first-order valence-electron chi connectivity index (χ1n) is 11.2. The maximum absolute atomic E-state index is 13.8. The van der Waals surface area contributed by atoms with Crippen LogP contribution < -0.4 is 10.9 Å². The number of carbonyl (C=O) groups excluding carboxylic acids is 1. The third-order valence-electron chi connectivity index (χ3n) is 6.25. The van der Waals surface area contributed by atoms with Crippen LogP contribution in [0.25, 0.3) is 15.9 Å². The van der Waals surface area contributed by atoms with Gasteiger partial charge in [-0.25, -0.2) is 4.98 Å². The lowest BCUT2D eigenvalue weighted by atomic mass is 9.97. The summed E-state index contributed by atoms with van der Waals surface area (Å²) in [6, 6.07) is 13.0. The van der Waals surface area contributed by atoms with Gasteiger partial charge in [0.25, 0.3) is 5.56 Å². The fraction of sp³-hybridized carbons (Fsp3) is 0.269. The third-order valence-corrected chi connectivity index (χ3v) is 8.63. The number of benzene rings is 2. The van der Waals surface area contributed by atoms with Crippen LogP contribution in [0, 0.1) is 13.8 Å². The topological polar surface area (TPSA) is 64.0 Å². The zero-order valence-corrected chi connectivity index (χ0v) is 21.4. The van der Waals surface area contributed by atoms with Gasteiger partial charge in [0.05, 0.1) is 16.8 Å². The van der Waals surface area contributed by atoms with E-state index in [0.29, 0.717) is 15.9 Å². The van der Waals surface area contributed by atoms with Crippen molar-refractivity contribution >= 4 is 56.5 Å². The average molecular weight is 510 g/mol. The standard InChI is InChI=1S/C26H24ClN3O2S2/c1-15-6-5-8-20(16(15)2)28-22(31)14-33-26-29-24-23(19-7-3-4-9-21(19)34-24)25(32)30(26)18-12-10-17(27)11-13-18/h5-6,8,10-13H,3-4,7,9,14H2,1-2H3,(H,28,31). The van der Waals surface area contributed by atoms with Gasteiger partial charge in [0.2, 0.25) is 5.91 Å². The molecular formula is C26H24ClN3O2S2. The van der Waals surface area contributed by atoms with E-state index in [0.717, 1.165) is 58.3 Å². The zero-order chi connectivity index (χ0) is 23.8. The number of nitrogens with zero attached hydrogens (tertiary/aromatic N) is 2. The van der Waals surface area contributed by atoms with Crippen LogP contribution in [-0.2, 0) is 17.6 Å². The fourth-order valence-corrected chi connectivity index (χ4v) is 6.55. The van der Waals surface area contributed by atoms with Gasteiger partial charge in [-0.15, -0.1) is 11.3 Å². The second kappa shape index (κ2) is 9.56. The maximum atomic E-state index is 13.8. The number of fused-ring (bicyclic) bond motifs is 3. The molecule has 0 spiro atoms. The van der Waals surface area contributed by atoms with Crippen LogP contribution in [0.1, 0.15) is 34.4 Å². The number of aryl methyl sites for hydroxylation is 3. The Morgan fingerprint density at radius 3 is 2.71 bits per heavy atom. The van der Waals surface area contributed by atoms with E-state index in [9.17, 15) is 9.59 Å². The Bertz CT molecular complexity index is 1460. The van der Waals surface area contributed by atoms with Gasteiger partial charge < -0.3 is 5.32 Å². The van der Waals surface area contributed by atoms with E-state index in [1.165, 1.54) is 16.6 Å². The Morgan fingerprint density at radius 2 is 1.91 bits per heavy atom. The molecule has 5 nitrogen and oxygen atoms in total. The van der Waals surface area contributed by atoms with Crippen molar-refractivity contribution in [2.24, 2.45) is 0 Å². The van der Waals surface area contributed by atoms with E-state index in [1.807, 2.05) is 44.2 Å². The van der Waals surface area contributed by atoms with Crippen molar-refractivity contribution in [3.05, 3.63) is 79.4 Å². The molecule has 0 fully saturated rings. The lowest BCUT2D eigenvalue weighted by Gasteiger charge is -2.14. The molecule has 0 saturated heterocycles. The molecular weight excluding hydrogens is 486 g/mol. The third kappa shape index (κ3) is 4.40. The van der Waals surface area contributed by atoms with Gasteiger partial charge in [0.15, 0.2) is 5.16 Å². The van der Waals surface area contributed by atoms with E-state index in [1.54, 1.807) is 28.0 Å². The molecule has 2 heterocycles. The number of hydrogen-bond acceptors (Lipinski definition) is 5. The normalized spacial score (nSPS) is 13.1. The smallest absolute Gasteiger partial charge is 0.267 e. The van der Waals surface area contributed by atoms with E-state index >= 15 is 0 Å². The predicted octanol–water partition coefficient (Wildman–Crippen LogP) is 6.33. The molecule has 1 aliphatic rings. The molecule has 174 valence electrons. The average Bonchev–Trinajstić information content (AvgIpc) is 3.20. The number of halogens is 1. The highest BCUT2D eigenvalue weighted by Gasteiger charge is 2.23. The molecule has 8 heteroatoms. The first-order valence-corrected chi connectivity index (χ1v) is 13.4. The number of nitrogens with one attached hydrogen (secondary N) is 1. The number of aromatic nitrogens is 2. The minimum atomic E-state index is -0.138. The van der Waals surface area contributed by atoms with E-state index in [-0.39, 0.29) is 17.2 Å². The lowest BCUT2D eigenvalue weighted by Crippen LogP contribution is -2.23. The summed E-state index contributed by atoms with van der Waals surface area (Å²) in [7, 11) is 0. The van der Waals surface area contributed by atoms with Crippen molar-refractivity contribution in [3.63, 3.8) is 0 Å². The van der Waals surface area contributed by atoms with Crippen LogP contribution in [0.3, 0.4) is 0 Å². The molecule has 1 amide bonds. The predicted molar refractivity (Wildman–Crippen MR) is 142 cm³/mol. The molecule has 2 aromatic carbocycles. The molecule has 0 bridgehead atoms. The minimum absolute atomic E-state index is 0.0795. The summed E-state index contributed by atoms with van der Waals surface area (Å²) in [5.74, 6) is 0.00506. The number of thiophene rings is 1. The Kier molecular flexibility index (Phi) is 6.51. The van der Waals surface area contributed by atoms with Gasteiger partial charge in [-0.1, -0.05) is 35.5 Å². The van der Waals surface area contributed by atoms with E-state index in [2.05, 4.69) is 5.32 Å². The van der Waals surface area contributed by atoms with Crippen LogP contribution >= 0.6 is 34.7 Å². The molecule has 1 aliphatic carbocycles. The molecule has 2 aromatic heterocycles. The van der Waals surface area contributed by atoms with Crippen LogP contribution in [0.2, 0.25) is 5.02 Å². The zero-order valence-electron chi connectivity index (χ0n) is 19.0.